The van der Waals surface area contributed by atoms with Gasteiger partial charge < -0.3 is 9.73 Å². The van der Waals surface area contributed by atoms with Gasteiger partial charge in [0.25, 0.3) is 0 Å². The number of carbonyl (C=O) groups excluding carboxylic acids is 1. The van der Waals surface area contributed by atoms with E-state index in [4.69, 9.17) is 9.68 Å². The topological polar surface area (TPSA) is 113 Å². The van der Waals surface area contributed by atoms with Gasteiger partial charge in [-0.15, -0.1) is 0 Å². The second kappa shape index (κ2) is 9.78. The molecule has 11 heteroatoms. The zero-order valence-corrected chi connectivity index (χ0v) is 20.0. The lowest BCUT2D eigenvalue weighted by Gasteiger charge is -2.34. The highest BCUT2D eigenvalue weighted by atomic mass is 32.2. The van der Waals surface area contributed by atoms with Crippen LogP contribution in [0.2, 0.25) is 0 Å². The van der Waals surface area contributed by atoms with Gasteiger partial charge in [0.1, 0.15) is 12.4 Å². The van der Waals surface area contributed by atoms with E-state index in [1.165, 1.54) is 48.5 Å². The Bertz CT molecular complexity index is 1410. The van der Waals surface area contributed by atoms with E-state index in [0.717, 1.165) is 6.26 Å². The Kier molecular flexibility index (Phi) is 6.91. The largest absolute Gasteiger partial charge is 0.436 e. The maximum absolute atomic E-state index is 14.3. The van der Waals surface area contributed by atoms with E-state index in [1.807, 2.05) is 0 Å². The predicted octanol–water partition coefficient (Wildman–Crippen LogP) is 4.71. The number of nitriles is 1. The highest BCUT2D eigenvalue weighted by Gasteiger charge is 2.47. The molecule has 1 heterocycles. The summed E-state index contributed by atoms with van der Waals surface area (Å²) in [6.45, 7) is -0.326. The molecular weight excluding hydrogens is 495 g/mol. The van der Waals surface area contributed by atoms with Crippen molar-refractivity contribution in [3.63, 3.8) is 0 Å². The fraction of sp³-hybridized carbons (Fsp3) is 0.320. The van der Waals surface area contributed by atoms with E-state index in [-0.39, 0.29) is 35.2 Å². The summed E-state index contributed by atoms with van der Waals surface area (Å²) >= 11 is 0. The van der Waals surface area contributed by atoms with Crippen LogP contribution in [0.25, 0.3) is 22.8 Å². The first-order valence-corrected chi connectivity index (χ1v) is 13.0. The summed E-state index contributed by atoms with van der Waals surface area (Å²) in [5, 5.41) is 11.2. The van der Waals surface area contributed by atoms with E-state index in [9.17, 15) is 26.4 Å². The standard InChI is InChI=1S/C25H22F3N3O4S/c1-36(33,34)18-8-4-15(5-9-18)22-21(31-24(35-22)16-2-6-17(26)7-3-16)19-10-11-25(27,28)14-20(19)23(32)30-13-12-29/h2-9,19-20H,10-11,13-14H2,1H3,(H,30,32)/t19-,20-/m0/s1. The Balaban J connectivity index is 1.83. The molecule has 1 aliphatic rings. The molecule has 1 saturated carbocycles. The molecule has 0 aliphatic heterocycles. The molecule has 1 N–H and O–H groups in total. The van der Waals surface area contributed by atoms with Crippen molar-refractivity contribution < 1.29 is 30.8 Å². The number of oxazole rings is 1. The number of rotatable bonds is 6. The minimum Gasteiger partial charge on any atom is -0.436 e. The monoisotopic (exact) mass is 517 g/mol. The predicted molar refractivity (Wildman–Crippen MR) is 124 cm³/mol. The van der Waals surface area contributed by atoms with Crippen LogP contribution in [-0.4, -0.2) is 38.0 Å². The number of aromatic nitrogens is 1. The molecule has 3 aromatic rings. The van der Waals surface area contributed by atoms with Gasteiger partial charge >= 0.3 is 0 Å². The first-order chi connectivity index (χ1) is 17.0. The summed E-state index contributed by atoms with van der Waals surface area (Å²) in [4.78, 5) is 17.4. The van der Waals surface area contributed by atoms with E-state index in [1.54, 1.807) is 6.07 Å². The maximum atomic E-state index is 14.3. The van der Waals surface area contributed by atoms with E-state index >= 15 is 0 Å². The molecule has 188 valence electrons. The number of sulfone groups is 1. The molecule has 1 amide bonds. The number of halogens is 3. The van der Waals surface area contributed by atoms with Gasteiger partial charge in [-0.3, -0.25) is 4.79 Å². The Morgan fingerprint density at radius 1 is 1.17 bits per heavy atom. The highest BCUT2D eigenvalue weighted by Crippen LogP contribution is 2.48. The molecule has 0 unspecified atom stereocenters. The van der Waals surface area contributed by atoms with Crippen LogP contribution < -0.4 is 5.32 Å². The second-order valence-electron chi connectivity index (χ2n) is 8.72. The van der Waals surface area contributed by atoms with Gasteiger partial charge in [-0.25, -0.2) is 26.6 Å². The summed E-state index contributed by atoms with van der Waals surface area (Å²) in [5.41, 5.74) is 1.13. The molecule has 4 rings (SSSR count). The zero-order valence-electron chi connectivity index (χ0n) is 19.2. The van der Waals surface area contributed by atoms with Crippen LogP contribution >= 0.6 is 0 Å². The highest BCUT2D eigenvalue weighted by molar-refractivity contribution is 7.90. The molecule has 0 saturated heterocycles. The number of nitrogens with zero attached hydrogens (tertiary/aromatic N) is 2. The van der Waals surface area contributed by atoms with Crippen molar-refractivity contribution in [1.82, 2.24) is 10.3 Å². The van der Waals surface area contributed by atoms with Crippen molar-refractivity contribution in [3.05, 3.63) is 60.0 Å². The number of benzene rings is 2. The van der Waals surface area contributed by atoms with Crippen molar-refractivity contribution in [2.75, 3.05) is 12.8 Å². The van der Waals surface area contributed by atoms with Crippen LogP contribution in [0.4, 0.5) is 13.2 Å². The van der Waals surface area contributed by atoms with Crippen LogP contribution in [0.5, 0.6) is 0 Å². The van der Waals surface area contributed by atoms with Crippen molar-refractivity contribution in [2.45, 2.75) is 36.0 Å². The molecule has 1 fully saturated rings. The summed E-state index contributed by atoms with van der Waals surface area (Å²) in [7, 11) is -3.46. The molecule has 0 spiro atoms. The van der Waals surface area contributed by atoms with Gasteiger partial charge in [0, 0.05) is 36.1 Å². The van der Waals surface area contributed by atoms with Gasteiger partial charge in [0.15, 0.2) is 15.6 Å². The molecule has 1 aromatic heterocycles. The summed E-state index contributed by atoms with van der Waals surface area (Å²) in [5.74, 6) is -5.86. The van der Waals surface area contributed by atoms with Crippen LogP contribution in [0.15, 0.2) is 57.8 Å². The van der Waals surface area contributed by atoms with Gasteiger partial charge in [-0.1, -0.05) is 0 Å². The lowest BCUT2D eigenvalue weighted by molar-refractivity contribution is -0.133. The third-order valence-electron chi connectivity index (χ3n) is 6.14. The Morgan fingerprint density at radius 2 is 1.81 bits per heavy atom. The number of nitrogens with one attached hydrogen (secondary N) is 1. The van der Waals surface area contributed by atoms with E-state index in [0.29, 0.717) is 11.1 Å². The van der Waals surface area contributed by atoms with Crippen LogP contribution in [0.3, 0.4) is 0 Å². The first kappa shape index (κ1) is 25.4. The number of amides is 1. The molecule has 0 radical (unpaired) electrons. The van der Waals surface area contributed by atoms with E-state index < -0.39 is 52.2 Å². The fourth-order valence-corrected chi connectivity index (χ4v) is 4.98. The zero-order chi connectivity index (χ0) is 26.1. The summed E-state index contributed by atoms with van der Waals surface area (Å²) < 4.78 is 71.9. The van der Waals surface area contributed by atoms with Crippen LogP contribution in [0.1, 0.15) is 30.9 Å². The fourth-order valence-electron chi connectivity index (χ4n) is 4.35. The minimum absolute atomic E-state index is 0.0680. The van der Waals surface area contributed by atoms with Gasteiger partial charge in [-0.2, -0.15) is 5.26 Å². The summed E-state index contributed by atoms with van der Waals surface area (Å²) in [6, 6.07) is 12.9. The smallest absolute Gasteiger partial charge is 0.249 e. The van der Waals surface area contributed by atoms with Gasteiger partial charge in [-0.05, 0) is 55.0 Å². The normalized spacial score (nSPS) is 19.4. The Morgan fingerprint density at radius 3 is 2.42 bits per heavy atom. The number of hydrogen-bond acceptors (Lipinski definition) is 6. The maximum Gasteiger partial charge on any atom is 0.249 e. The van der Waals surface area contributed by atoms with Crippen molar-refractivity contribution >= 4 is 15.7 Å². The van der Waals surface area contributed by atoms with Gasteiger partial charge in [0.2, 0.25) is 17.7 Å². The van der Waals surface area contributed by atoms with Crippen LogP contribution in [0, 0.1) is 23.1 Å². The quantitative estimate of drug-likeness (QED) is 0.474. The molecule has 1 aliphatic carbocycles. The minimum atomic E-state index is -3.46. The van der Waals surface area contributed by atoms with Crippen molar-refractivity contribution in [1.29, 1.82) is 5.26 Å². The lowest BCUT2D eigenvalue weighted by atomic mass is 9.74. The average molecular weight is 518 g/mol. The van der Waals surface area contributed by atoms with Crippen LogP contribution in [-0.2, 0) is 14.6 Å². The SMILES string of the molecule is CS(=O)(=O)c1ccc(-c2oc(-c3ccc(F)cc3)nc2[C@H]2CCC(F)(F)C[C@@H]2C(=O)NCC#N)cc1. The number of hydrogen-bond donors (Lipinski definition) is 1. The molecule has 0 bridgehead atoms. The van der Waals surface area contributed by atoms with E-state index in [2.05, 4.69) is 10.3 Å². The molecule has 7 nitrogen and oxygen atoms in total. The molecule has 36 heavy (non-hydrogen) atoms. The number of carbonyl (C=O) groups is 1. The molecular formula is C25H22F3N3O4S. The molecule has 2 atom stereocenters. The Hall–Kier alpha value is -3.65. The second-order valence-corrected chi connectivity index (χ2v) is 10.7. The third-order valence-corrected chi connectivity index (χ3v) is 7.27. The third kappa shape index (κ3) is 5.44. The van der Waals surface area contributed by atoms with Crippen molar-refractivity contribution in [3.8, 4) is 28.8 Å². The average Bonchev–Trinajstić information content (AvgIpc) is 3.27. The van der Waals surface area contributed by atoms with Crippen molar-refractivity contribution in [2.24, 2.45) is 5.92 Å². The van der Waals surface area contributed by atoms with Gasteiger partial charge in [0.05, 0.1) is 22.6 Å². The Labute approximate surface area is 205 Å². The first-order valence-electron chi connectivity index (χ1n) is 11.1. The number of alkyl halides is 2. The summed E-state index contributed by atoms with van der Waals surface area (Å²) in [6.07, 6.45) is -0.187. The molecule has 2 aromatic carbocycles. The lowest BCUT2D eigenvalue weighted by Crippen LogP contribution is -2.41.